The van der Waals surface area contributed by atoms with Crippen LogP contribution in [0.15, 0.2) is 41.6 Å². The zero-order valence-electron chi connectivity index (χ0n) is 18.9. The molecule has 33 heavy (non-hydrogen) atoms. The molecule has 3 heterocycles. The van der Waals surface area contributed by atoms with Gasteiger partial charge in [0, 0.05) is 51.2 Å². The number of aromatic nitrogens is 3. The van der Waals surface area contributed by atoms with E-state index in [2.05, 4.69) is 27.0 Å². The monoisotopic (exact) mass is 449 g/mol. The van der Waals surface area contributed by atoms with Crippen molar-refractivity contribution in [3.8, 4) is 11.6 Å². The molecule has 1 saturated carbocycles. The number of anilines is 1. The van der Waals surface area contributed by atoms with E-state index in [-0.39, 0.29) is 17.6 Å². The van der Waals surface area contributed by atoms with Crippen LogP contribution >= 0.6 is 0 Å². The molecule has 0 N–H and O–H groups in total. The molecule has 0 radical (unpaired) electrons. The molecule has 0 atom stereocenters. The molecule has 1 aliphatic carbocycles. The van der Waals surface area contributed by atoms with Crippen molar-refractivity contribution in [3.05, 3.63) is 52.7 Å². The number of methoxy groups -OCH3 is 1. The smallest absolute Gasteiger partial charge is 0.259 e. The van der Waals surface area contributed by atoms with Crippen LogP contribution < -0.4 is 19.9 Å². The Bertz CT molecular complexity index is 1250. The van der Waals surface area contributed by atoms with Crippen LogP contribution in [-0.2, 0) is 7.05 Å². The lowest BCUT2D eigenvalue weighted by molar-refractivity contribution is 0.0742. The minimum Gasteiger partial charge on any atom is -0.496 e. The molecule has 172 valence electrons. The average Bonchev–Trinajstić information content (AvgIpc) is 2.82. The first-order valence-electron chi connectivity index (χ1n) is 11.2. The van der Waals surface area contributed by atoms with E-state index in [1.54, 1.807) is 24.5 Å². The maximum absolute atomic E-state index is 13.1. The van der Waals surface area contributed by atoms with Gasteiger partial charge < -0.3 is 23.8 Å². The van der Waals surface area contributed by atoms with Crippen LogP contribution in [0.2, 0.25) is 0 Å². The molecule has 2 aliphatic rings. The van der Waals surface area contributed by atoms with Crippen molar-refractivity contribution in [2.45, 2.75) is 25.4 Å². The number of hydrogen-bond donors (Lipinski definition) is 0. The van der Waals surface area contributed by atoms with E-state index in [4.69, 9.17) is 9.47 Å². The number of hydrogen-bond acceptors (Lipinski definition) is 7. The number of carbonyl (C=O) groups excluding carboxylic acids is 1. The third kappa shape index (κ3) is 4.10. The summed E-state index contributed by atoms with van der Waals surface area (Å²) < 4.78 is 12.8. The van der Waals surface area contributed by atoms with Crippen molar-refractivity contribution < 1.29 is 14.3 Å². The van der Waals surface area contributed by atoms with Crippen LogP contribution in [0.5, 0.6) is 11.6 Å². The molecule has 1 aromatic carbocycles. The first kappa shape index (κ1) is 21.2. The summed E-state index contributed by atoms with van der Waals surface area (Å²) in [6, 6.07) is 7.48. The molecule has 2 aromatic heterocycles. The van der Waals surface area contributed by atoms with E-state index in [0.29, 0.717) is 43.4 Å². The third-order valence-corrected chi connectivity index (χ3v) is 6.49. The van der Waals surface area contributed by atoms with Gasteiger partial charge >= 0.3 is 0 Å². The van der Waals surface area contributed by atoms with Crippen molar-refractivity contribution in [1.82, 2.24) is 19.4 Å². The molecule has 2 fully saturated rings. The minimum absolute atomic E-state index is 0.134. The van der Waals surface area contributed by atoms with Gasteiger partial charge in [-0.25, -0.2) is 9.97 Å². The molecule has 0 bridgehead atoms. The molecule has 9 nitrogen and oxygen atoms in total. The van der Waals surface area contributed by atoms with E-state index >= 15 is 0 Å². The zero-order chi connectivity index (χ0) is 22.9. The van der Waals surface area contributed by atoms with Gasteiger partial charge in [-0.3, -0.25) is 9.59 Å². The lowest BCUT2D eigenvalue weighted by atomic mass is 9.96. The molecule has 3 aromatic rings. The van der Waals surface area contributed by atoms with Crippen LogP contribution in [-0.4, -0.2) is 64.7 Å². The number of rotatable bonds is 5. The van der Waals surface area contributed by atoms with Gasteiger partial charge in [0.1, 0.15) is 18.2 Å². The van der Waals surface area contributed by atoms with Crippen LogP contribution in [0, 0.1) is 0 Å². The molecule has 1 amide bonds. The number of piperazine rings is 1. The lowest BCUT2D eigenvalue weighted by Gasteiger charge is -2.36. The number of amides is 1. The second-order valence-corrected chi connectivity index (χ2v) is 8.53. The van der Waals surface area contributed by atoms with Crippen molar-refractivity contribution in [2.75, 3.05) is 38.2 Å². The standard InChI is InChI=1S/C24H27N5O4/c1-27-14-19(21(32-2)13-22(27)30)24(31)29-10-8-28(9-11-29)16-6-7-20-18(12-16)23(26-15-25-20)33-17-4-3-5-17/h6-7,12-15,17H,3-5,8-11H2,1-2H3. The van der Waals surface area contributed by atoms with Gasteiger partial charge in [-0.15, -0.1) is 0 Å². The maximum atomic E-state index is 13.1. The van der Waals surface area contributed by atoms with Crippen LogP contribution in [0.25, 0.3) is 10.9 Å². The third-order valence-electron chi connectivity index (χ3n) is 6.49. The van der Waals surface area contributed by atoms with Crippen LogP contribution in [0.3, 0.4) is 0 Å². The second-order valence-electron chi connectivity index (χ2n) is 8.53. The van der Waals surface area contributed by atoms with E-state index in [1.165, 1.54) is 24.2 Å². The SMILES string of the molecule is COc1cc(=O)n(C)cc1C(=O)N1CCN(c2ccc3ncnc(OC4CCC4)c3c2)CC1. The van der Waals surface area contributed by atoms with E-state index < -0.39 is 0 Å². The summed E-state index contributed by atoms with van der Waals surface area (Å²) in [4.78, 5) is 37.8. The quantitative estimate of drug-likeness (QED) is 0.590. The summed E-state index contributed by atoms with van der Waals surface area (Å²) in [7, 11) is 3.10. The molecular weight excluding hydrogens is 422 g/mol. The topological polar surface area (TPSA) is 89.8 Å². The largest absolute Gasteiger partial charge is 0.496 e. The van der Waals surface area contributed by atoms with Crippen molar-refractivity contribution in [2.24, 2.45) is 7.05 Å². The number of aryl methyl sites for hydroxylation is 1. The van der Waals surface area contributed by atoms with Gasteiger partial charge in [0.2, 0.25) is 5.88 Å². The van der Waals surface area contributed by atoms with Gasteiger partial charge in [-0.05, 0) is 37.5 Å². The Labute approximate surface area is 191 Å². The molecule has 1 aliphatic heterocycles. The second kappa shape index (κ2) is 8.73. The van der Waals surface area contributed by atoms with Crippen LogP contribution in [0.1, 0.15) is 29.6 Å². The molecule has 5 rings (SSSR count). The molecule has 1 saturated heterocycles. The van der Waals surface area contributed by atoms with Gasteiger partial charge in [0.15, 0.2) is 0 Å². The number of carbonyl (C=O) groups is 1. The van der Waals surface area contributed by atoms with Crippen molar-refractivity contribution in [3.63, 3.8) is 0 Å². The normalized spacial score (nSPS) is 16.5. The van der Waals surface area contributed by atoms with E-state index in [1.807, 2.05) is 6.07 Å². The summed E-state index contributed by atoms with van der Waals surface area (Å²) in [6.45, 7) is 2.52. The number of nitrogens with zero attached hydrogens (tertiary/aromatic N) is 5. The van der Waals surface area contributed by atoms with Gasteiger partial charge in [-0.1, -0.05) is 0 Å². The first-order valence-corrected chi connectivity index (χ1v) is 11.2. The Balaban J connectivity index is 1.32. The molecule has 9 heteroatoms. The Morgan fingerprint density at radius 3 is 2.58 bits per heavy atom. The fourth-order valence-electron chi connectivity index (χ4n) is 4.24. The maximum Gasteiger partial charge on any atom is 0.259 e. The van der Waals surface area contributed by atoms with Gasteiger partial charge in [0.25, 0.3) is 11.5 Å². The first-order chi connectivity index (χ1) is 16.0. The summed E-state index contributed by atoms with van der Waals surface area (Å²) >= 11 is 0. The fourth-order valence-corrected chi connectivity index (χ4v) is 4.24. The minimum atomic E-state index is -0.214. The zero-order valence-corrected chi connectivity index (χ0v) is 18.9. The summed E-state index contributed by atoms with van der Waals surface area (Å²) in [6.07, 6.45) is 6.68. The summed E-state index contributed by atoms with van der Waals surface area (Å²) in [5.74, 6) is 0.811. The predicted molar refractivity (Wildman–Crippen MR) is 124 cm³/mol. The van der Waals surface area contributed by atoms with Gasteiger partial charge in [-0.2, -0.15) is 0 Å². The molecule has 0 spiro atoms. The highest BCUT2D eigenvalue weighted by atomic mass is 16.5. The summed E-state index contributed by atoms with van der Waals surface area (Å²) in [5.41, 5.74) is 2.10. The number of benzene rings is 1. The predicted octanol–water partition coefficient (Wildman–Crippen LogP) is 2.23. The number of pyridine rings is 1. The van der Waals surface area contributed by atoms with Crippen molar-refractivity contribution >= 4 is 22.5 Å². The highest BCUT2D eigenvalue weighted by molar-refractivity contribution is 5.96. The van der Waals surface area contributed by atoms with E-state index in [0.717, 1.165) is 29.4 Å². The highest BCUT2D eigenvalue weighted by Gasteiger charge is 2.26. The highest BCUT2D eigenvalue weighted by Crippen LogP contribution is 2.31. The molecule has 0 unspecified atom stereocenters. The number of fused-ring (bicyclic) bond motifs is 1. The summed E-state index contributed by atoms with van der Waals surface area (Å²) in [5, 5.41) is 0.912. The van der Waals surface area contributed by atoms with Crippen LogP contribution in [0.4, 0.5) is 5.69 Å². The lowest BCUT2D eigenvalue weighted by Crippen LogP contribution is -2.49. The Morgan fingerprint density at radius 1 is 1.09 bits per heavy atom. The average molecular weight is 450 g/mol. The van der Waals surface area contributed by atoms with Crippen molar-refractivity contribution in [1.29, 1.82) is 0 Å². The Kier molecular flexibility index (Phi) is 5.62. The molecular formula is C24H27N5O4. The van der Waals surface area contributed by atoms with E-state index in [9.17, 15) is 9.59 Å². The van der Waals surface area contributed by atoms with Gasteiger partial charge in [0.05, 0.1) is 23.6 Å². The fraction of sp³-hybridized carbons (Fsp3) is 0.417. The Hall–Kier alpha value is -3.62. The Morgan fingerprint density at radius 2 is 1.88 bits per heavy atom. The number of ether oxygens (including phenoxy) is 2.